The van der Waals surface area contributed by atoms with Gasteiger partial charge in [-0.3, -0.25) is 4.79 Å². The van der Waals surface area contributed by atoms with E-state index in [-0.39, 0.29) is 29.3 Å². The van der Waals surface area contributed by atoms with E-state index in [1.807, 2.05) is 27.7 Å². The molecule has 0 N–H and O–H groups in total. The van der Waals surface area contributed by atoms with Gasteiger partial charge in [-0.15, -0.1) is 0 Å². The fourth-order valence-electron chi connectivity index (χ4n) is 2.45. The van der Waals surface area contributed by atoms with Crippen LogP contribution in [0.4, 0.5) is 0 Å². The molecule has 0 aliphatic carbocycles. The van der Waals surface area contributed by atoms with Gasteiger partial charge in [0.2, 0.25) is 0 Å². The second-order valence-electron chi connectivity index (χ2n) is 5.52. The topological polar surface area (TPSA) is 55.8 Å². The summed E-state index contributed by atoms with van der Waals surface area (Å²) in [5.41, 5.74) is 0.655. The molecule has 0 unspecified atom stereocenters. The average molecular weight is 451 g/mol. The minimum absolute atomic E-state index is 0.0348. The van der Waals surface area contributed by atoms with Crippen LogP contribution in [0.5, 0.6) is 5.75 Å². The van der Waals surface area contributed by atoms with E-state index in [0.717, 1.165) is 0 Å². The fourth-order valence-corrected chi connectivity index (χ4v) is 4.07. The average Bonchev–Trinajstić information content (AvgIpc) is 2.44. The third-order valence-corrected chi connectivity index (χ3v) is 4.73. The summed E-state index contributed by atoms with van der Waals surface area (Å²) in [4.78, 5) is 26.6. The molecule has 0 heterocycles. The lowest BCUT2D eigenvalue weighted by molar-refractivity contribution is 0.0591. The maximum atomic E-state index is 13.0. The molecule has 0 bridgehead atoms. The molecule has 1 aromatic rings. The van der Waals surface area contributed by atoms with E-state index in [2.05, 4.69) is 31.9 Å². The minimum Gasteiger partial charge on any atom is -0.495 e. The smallest absolute Gasteiger partial charge is 0.341 e. The van der Waals surface area contributed by atoms with Crippen molar-refractivity contribution in [2.45, 2.75) is 39.8 Å². The summed E-state index contributed by atoms with van der Waals surface area (Å²) in [5.74, 6) is -0.411. The van der Waals surface area contributed by atoms with Crippen LogP contribution in [0.25, 0.3) is 0 Å². The number of hydrogen-bond acceptors (Lipinski definition) is 4. The van der Waals surface area contributed by atoms with Crippen molar-refractivity contribution < 1.29 is 19.1 Å². The number of ether oxygens (including phenoxy) is 2. The maximum absolute atomic E-state index is 13.0. The van der Waals surface area contributed by atoms with Crippen molar-refractivity contribution in [1.29, 1.82) is 0 Å². The lowest BCUT2D eigenvalue weighted by Gasteiger charge is -2.31. The van der Waals surface area contributed by atoms with E-state index in [4.69, 9.17) is 9.47 Å². The number of nitrogens with zero attached hydrogens (tertiary/aromatic N) is 1. The van der Waals surface area contributed by atoms with Gasteiger partial charge in [0, 0.05) is 16.6 Å². The largest absolute Gasteiger partial charge is 0.495 e. The number of carbonyl (C=O) groups excluding carboxylic acids is 2. The Kier molecular flexibility index (Phi) is 7.07. The van der Waals surface area contributed by atoms with Gasteiger partial charge in [-0.1, -0.05) is 0 Å². The third kappa shape index (κ3) is 4.07. The number of benzene rings is 1. The Hall–Kier alpha value is -1.08. The van der Waals surface area contributed by atoms with Gasteiger partial charge in [-0.2, -0.15) is 0 Å². The molecule has 23 heavy (non-hydrogen) atoms. The maximum Gasteiger partial charge on any atom is 0.341 e. The number of methoxy groups -OCH3 is 2. The first kappa shape index (κ1) is 20.0. The van der Waals surface area contributed by atoms with Crippen molar-refractivity contribution in [1.82, 2.24) is 4.90 Å². The van der Waals surface area contributed by atoms with Crippen LogP contribution in [0.15, 0.2) is 15.0 Å². The molecule has 0 spiro atoms. The van der Waals surface area contributed by atoms with E-state index < -0.39 is 5.97 Å². The van der Waals surface area contributed by atoms with Gasteiger partial charge in [-0.25, -0.2) is 4.79 Å². The fraction of sp³-hybridized carbons (Fsp3) is 0.500. The van der Waals surface area contributed by atoms with Gasteiger partial charge in [0.05, 0.1) is 24.3 Å². The van der Waals surface area contributed by atoms with E-state index in [0.29, 0.717) is 14.5 Å². The van der Waals surface area contributed by atoms with Gasteiger partial charge in [0.15, 0.2) is 0 Å². The first-order valence-corrected chi connectivity index (χ1v) is 8.72. The summed E-state index contributed by atoms with van der Waals surface area (Å²) in [6.07, 6.45) is 0. The quantitative estimate of drug-likeness (QED) is 0.628. The van der Waals surface area contributed by atoms with Crippen LogP contribution >= 0.6 is 31.9 Å². The lowest BCUT2D eigenvalue weighted by Crippen LogP contribution is -2.42. The molecule has 7 heteroatoms. The molecular formula is C16H21Br2NO4. The van der Waals surface area contributed by atoms with Crippen molar-refractivity contribution >= 4 is 43.7 Å². The lowest BCUT2D eigenvalue weighted by atomic mass is 10.1. The zero-order valence-electron chi connectivity index (χ0n) is 14.1. The molecule has 0 aromatic heterocycles. The van der Waals surface area contributed by atoms with Crippen LogP contribution in [0.3, 0.4) is 0 Å². The zero-order valence-corrected chi connectivity index (χ0v) is 17.2. The van der Waals surface area contributed by atoms with Gasteiger partial charge < -0.3 is 14.4 Å². The Balaban J connectivity index is 3.55. The first-order valence-electron chi connectivity index (χ1n) is 7.14. The molecular weight excluding hydrogens is 430 g/mol. The van der Waals surface area contributed by atoms with Crippen LogP contribution in [0.2, 0.25) is 0 Å². The van der Waals surface area contributed by atoms with E-state index >= 15 is 0 Å². The molecule has 0 atom stereocenters. The van der Waals surface area contributed by atoms with Crippen LogP contribution in [0, 0.1) is 0 Å². The molecule has 0 saturated carbocycles. The molecule has 1 aromatic carbocycles. The Labute approximate surface area is 153 Å². The Morgan fingerprint density at radius 3 is 2.00 bits per heavy atom. The van der Waals surface area contributed by atoms with Crippen molar-refractivity contribution in [2.24, 2.45) is 0 Å². The third-order valence-electron chi connectivity index (χ3n) is 3.34. The number of amides is 1. The summed E-state index contributed by atoms with van der Waals surface area (Å²) in [6, 6.07) is 1.61. The highest BCUT2D eigenvalue weighted by molar-refractivity contribution is 9.11. The van der Waals surface area contributed by atoms with Crippen molar-refractivity contribution in [3.63, 3.8) is 0 Å². The van der Waals surface area contributed by atoms with Crippen molar-refractivity contribution in [3.05, 3.63) is 26.1 Å². The summed E-state index contributed by atoms with van der Waals surface area (Å²) in [7, 11) is 2.74. The summed E-state index contributed by atoms with van der Waals surface area (Å²) in [6.45, 7) is 7.83. The predicted octanol–water partition coefficient (Wildman–Crippen LogP) is 4.27. The normalized spacial score (nSPS) is 10.9. The highest BCUT2D eigenvalue weighted by atomic mass is 79.9. The van der Waals surface area contributed by atoms with E-state index in [9.17, 15) is 9.59 Å². The summed E-state index contributed by atoms with van der Waals surface area (Å²) >= 11 is 6.78. The Morgan fingerprint density at radius 2 is 1.61 bits per heavy atom. The van der Waals surface area contributed by atoms with Crippen LogP contribution in [-0.2, 0) is 4.74 Å². The molecule has 0 aliphatic heterocycles. The van der Waals surface area contributed by atoms with Crippen molar-refractivity contribution in [3.8, 4) is 5.75 Å². The number of carbonyl (C=O) groups is 2. The second-order valence-corrected chi connectivity index (χ2v) is 7.17. The molecule has 128 valence electrons. The number of esters is 1. The molecule has 0 saturated heterocycles. The monoisotopic (exact) mass is 449 g/mol. The summed E-state index contributed by atoms with van der Waals surface area (Å²) < 4.78 is 11.0. The second kappa shape index (κ2) is 8.15. The van der Waals surface area contributed by atoms with E-state index in [1.54, 1.807) is 11.0 Å². The highest BCUT2D eigenvalue weighted by Gasteiger charge is 2.29. The Bertz CT molecular complexity index is 607. The molecule has 0 aliphatic rings. The van der Waals surface area contributed by atoms with Crippen LogP contribution in [0.1, 0.15) is 48.4 Å². The highest BCUT2D eigenvalue weighted by Crippen LogP contribution is 2.38. The number of rotatable bonds is 5. The minimum atomic E-state index is -0.535. The molecule has 1 amide bonds. The van der Waals surface area contributed by atoms with Crippen LogP contribution < -0.4 is 4.74 Å². The zero-order chi connectivity index (χ0) is 17.9. The Morgan fingerprint density at radius 1 is 1.09 bits per heavy atom. The van der Waals surface area contributed by atoms with Gasteiger partial charge in [0.25, 0.3) is 5.91 Å². The molecule has 5 nitrogen and oxygen atoms in total. The molecule has 0 fully saturated rings. The molecule has 0 radical (unpaired) electrons. The number of hydrogen-bond donors (Lipinski definition) is 0. The van der Waals surface area contributed by atoms with E-state index in [1.165, 1.54) is 14.2 Å². The number of halogens is 2. The first-order chi connectivity index (χ1) is 10.7. The summed E-state index contributed by atoms with van der Waals surface area (Å²) in [5, 5.41) is 0. The molecule has 1 rings (SSSR count). The predicted molar refractivity (Wildman–Crippen MR) is 96.2 cm³/mol. The van der Waals surface area contributed by atoms with Crippen molar-refractivity contribution in [2.75, 3.05) is 14.2 Å². The standard InChI is InChI=1S/C16H21Br2NO4/c1-8(2)19(9(3)4)15(20)12-11(17)7-10(16(21)23-6)14(22-5)13(12)18/h7-9H,1-6H3. The van der Waals surface area contributed by atoms with Crippen LogP contribution in [-0.4, -0.2) is 43.1 Å². The van der Waals surface area contributed by atoms with Gasteiger partial charge >= 0.3 is 5.97 Å². The SMILES string of the molecule is COC(=O)c1cc(Br)c(C(=O)N(C(C)C)C(C)C)c(Br)c1OC. The van der Waals surface area contributed by atoms with Gasteiger partial charge in [0.1, 0.15) is 11.3 Å². The van der Waals surface area contributed by atoms with Gasteiger partial charge in [-0.05, 0) is 65.6 Å².